The van der Waals surface area contributed by atoms with Crippen molar-refractivity contribution in [2.45, 2.75) is 31.7 Å². The third-order valence-corrected chi connectivity index (χ3v) is 4.86. The van der Waals surface area contributed by atoms with Gasteiger partial charge in [0.25, 0.3) is 0 Å². The van der Waals surface area contributed by atoms with Crippen LogP contribution in [0, 0.1) is 0 Å². The van der Waals surface area contributed by atoms with E-state index < -0.39 is 0 Å². The summed E-state index contributed by atoms with van der Waals surface area (Å²) >= 11 is 5.70. The van der Waals surface area contributed by atoms with Gasteiger partial charge in [-0.25, -0.2) is 0 Å². The number of likely N-dealkylation sites (tertiary alicyclic amines) is 1. The Hall–Kier alpha value is -2.07. The molecule has 1 heterocycles. The fourth-order valence-corrected chi connectivity index (χ4v) is 3.62. The highest BCUT2D eigenvalue weighted by Crippen LogP contribution is 2.23. The number of thiocarbonyl (C=S) groups is 1. The summed E-state index contributed by atoms with van der Waals surface area (Å²) in [5.74, 6) is 0.835. The van der Waals surface area contributed by atoms with Crippen molar-refractivity contribution >= 4 is 23.0 Å². The van der Waals surface area contributed by atoms with Crippen LogP contribution in [0.3, 0.4) is 0 Å². The summed E-state index contributed by atoms with van der Waals surface area (Å²) in [5.41, 5.74) is 2.35. The lowest BCUT2D eigenvalue weighted by Crippen LogP contribution is -2.46. The van der Waals surface area contributed by atoms with Gasteiger partial charge in [-0.3, -0.25) is 0 Å². The molecule has 0 saturated carbocycles. The minimum absolute atomic E-state index is 0.465. The first-order valence-electron chi connectivity index (χ1n) is 8.52. The maximum atomic E-state index is 5.70. The van der Waals surface area contributed by atoms with Crippen molar-refractivity contribution in [3.63, 3.8) is 0 Å². The molecule has 0 aliphatic carbocycles. The van der Waals surface area contributed by atoms with Gasteiger partial charge in [-0.1, -0.05) is 36.4 Å². The molecule has 0 radical (unpaired) electrons. The number of nitrogens with zero attached hydrogens (tertiary/aromatic N) is 1. The minimum atomic E-state index is 0.465. The van der Waals surface area contributed by atoms with Crippen LogP contribution in [0.5, 0.6) is 5.75 Å². The average molecular weight is 340 g/mol. The van der Waals surface area contributed by atoms with E-state index in [1.165, 1.54) is 24.8 Å². The number of hydrogen-bond donors (Lipinski definition) is 1. The number of piperidine rings is 1. The van der Waals surface area contributed by atoms with Gasteiger partial charge in [0.05, 0.1) is 7.11 Å². The number of rotatable bonds is 4. The summed E-state index contributed by atoms with van der Waals surface area (Å²) in [6.07, 6.45) is 4.70. The molecule has 2 aromatic rings. The van der Waals surface area contributed by atoms with Gasteiger partial charge in [-0.05, 0) is 55.6 Å². The number of anilines is 1. The molecule has 126 valence electrons. The Labute approximate surface area is 149 Å². The summed E-state index contributed by atoms with van der Waals surface area (Å²) in [6, 6.07) is 19.0. The van der Waals surface area contributed by atoms with E-state index in [4.69, 9.17) is 17.0 Å². The molecule has 1 N–H and O–H groups in total. The van der Waals surface area contributed by atoms with Gasteiger partial charge in [-0.2, -0.15) is 0 Å². The molecule has 1 aliphatic rings. The molecule has 0 amide bonds. The highest BCUT2D eigenvalue weighted by atomic mass is 32.1. The van der Waals surface area contributed by atoms with Gasteiger partial charge in [0.1, 0.15) is 5.75 Å². The van der Waals surface area contributed by atoms with Crippen molar-refractivity contribution in [3.05, 3.63) is 60.2 Å². The van der Waals surface area contributed by atoms with Crippen LogP contribution >= 0.6 is 12.2 Å². The van der Waals surface area contributed by atoms with Crippen molar-refractivity contribution in [3.8, 4) is 5.75 Å². The number of benzene rings is 2. The van der Waals surface area contributed by atoms with Crippen LogP contribution in [0.4, 0.5) is 5.69 Å². The molecule has 1 aliphatic heterocycles. The van der Waals surface area contributed by atoms with E-state index >= 15 is 0 Å². The van der Waals surface area contributed by atoms with Crippen molar-refractivity contribution < 1.29 is 4.74 Å². The Morgan fingerprint density at radius 3 is 2.79 bits per heavy atom. The Morgan fingerprint density at radius 2 is 2.00 bits per heavy atom. The van der Waals surface area contributed by atoms with Crippen LogP contribution in [-0.4, -0.2) is 29.7 Å². The Kier molecular flexibility index (Phi) is 5.70. The van der Waals surface area contributed by atoms with E-state index in [9.17, 15) is 0 Å². The van der Waals surface area contributed by atoms with Crippen molar-refractivity contribution in [1.29, 1.82) is 0 Å². The molecule has 1 fully saturated rings. The van der Waals surface area contributed by atoms with Gasteiger partial charge >= 0.3 is 0 Å². The topological polar surface area (TPSA) is 24.5 Å². The molecule has 2 aromatic carbocycles. The second-order valence-corrected chi connectivity index (χ2v) is 6.58. The van der Waals surface area contributed by atoms with Gasteiger partial charge in [0.2, 0.25) is 0 Å². The number of nitrogens with one attached hydrogen (secondary N) is 1. The van der Waals surface area contributed by atoms with Crippen LogP contribution in [0.1, 0.15) is 24.8 Å². The number of ether oxygens (including phenoxy) is 1. The smallest absolute Gasteiger partial charge is 0.173 e. The zero-order chi connectivity index (χ0) is 16.8. The third-order valence-electron chi connectivity index (χ3n) is 4.52. The summed E-state index contributed by atoms with van der Waals surface area (Å²) < 4.78 is 5.29. The third kappa shape index (κ3) is 4.26. The summed E-state index contributed by atoms with van der Waals surface area (Å²) in [7, 11) is 1.68. The van der Waals surface area contributed by atoms with Gasteiger partial charge in [0, 0.05) is 24.3 Å². The fourth-order valence-electron chi connectivity index (χ4n) is 3.26. The summed E-state index contributed by atoms with van der Waals surface area (Å²) in [4.78, 5) is 2.35. The predicted molar refractivity (Wildman–Crippen MR) is 104 cm³/mol. The maximum Gasteiger partial charge on any atom is 0.173 e. The average Bonchev–Trinajstić information content (AvgIpc) is 2.63. The standard InChI is InChI=1S/C20H24N2OS/c1-23-19-12-7-10-17(15-19)21-20(24)22-13-6-5-11-18(22)14-16-8-3-2-4-9-16/h2-4,7-10,12,15,18H,5-6,11,13-14H2,1H3,(H,21,24). The SMILES string of the molecule is COc1cccc(NC(=S)N2CCCCC2Cc2ccccc2)c1. The maximum absolute atomic E-state index is 5.70. The van der Waals surface area contributed by atoms with Crippen LogP contribution in [-0.2, 0) is 6.42 Å². The molecule has 24 heavy (non-hydrogen) atoms. The summed E-state index contributed by atoms with van der Waals surface area (Å²) in [6.45, 7) is 1.02. The molecule has 3 nitrogen and oxygen atoms in total. The summed E-state index contributed by atoms with van der Waals surface area (Å²) in [5, 5.41) is 4.19. The van der Waals surface area contributed by atoms with Crippen LogP contribution < -0.4 is 10.1 Å². The molecular weight excluding hydrogens is 316 g/mol. The van der Waals surface area contributed by atoms with E-state index in [1.54, 1.807) is 7.11 Å². The first-order chi connectivity index (χ1) is 11.8. The molecule has 1 saturated heterocycles. The number of methoxy groups -OCH3 is 1. The fraction of sp³-hybridized carbons (Fsp3) is 0.350. The zero-order valence-electron chi connectivity index (χ0n) is 14.1. The van der Waals surface area contributed by atoms with E-state index in [1.807, 2.05) is 24.3 Å². The second kappa shape index (κ2) is 8.15. The molecule has 0 spiro atoms. The van der Waals surface area contributed by atoms with Gasteiger partial charge < -0.3 is 15.0 Å². The molecule has 1 atom stereocenters. The molecule has 1 unspecified atom stereocenters. The van der Waals surface area contributed by atoms with Crippen LogP contribution in [0.25, 0.3) is 0 Å². The Bertz CT molecular complexity index is 674. The highest BCUT2D eigenvalue weighted by Gasteiger charge is 2.24. The van der Waals surface area contributed by atoms with Crippen molar-refractivity contribution in [2.24, 2.45) is 0 Å². The predicted octanol–water partition coefficient (Wildman–Crippen LogP) is 4.49. The first kappa shape index (κ1) is 16.8. The van der Waals surface area contributed by atoms with E-state index in [0.717, 1.165) is 29.5 Å². The molecule has 0 bridgehead atoms. The van der Waals surface area contributed by atoms with Crippen LogP contribution in [0.2, 0.25) is 0 Å². The van der Waals surface area contributed by atoms with Crippen molar-refractivity contribution in [1.82, 2.24) is 4.90 Å². The minimum Gasteiger partial charge on any atom is -0.497 e. The van der Waals surface area contributed by atoms with Gasteiger partial charge in [-0.15, -0.1) is 0 Å². The first-order valence-corrected chi connectivity index (χ1v) is 8.92. The number of hydrogen-bond acceptors (Lipinski definition) is 2. The van der Waals surface area contributed by atoms with E-state index in [2.05, 4.69) is 40.5 Å². The molecule has 4 heteroatoms. The zero-order valence-corrected chi connectivity index (χ0v) is 14.9. The normalized spacial score (nSPS) is 17.4. The van der Waals surface area contributed by atoms with Gasteiger partial charge in [0.15, 0.2) is 5.11 Å². The second-order valence-electron chi connectivity index (χ2n) is 6.19. The highest BCUT2D eigenvalue weighted by molar-refractivity contribution is 7.80. The van der Waals surface area contributed by atoms with E-state index in [0.29, 0.717) is 6.04 Å². The molecule has 0 aromatic heterocycles. The molecule has 3 rings (SSSR count). The van der Waals surface area contributed by atoms with Crippen molar-refractivity contribution in [2.75, 3.05) is 19.0 Å². The van der Waals surface area contributed by atoms with Crippen LogP contribution in [0.15, 0.2) is 54.6 Å². The quantitative estimate of drug-likeness (QED) is 0.829. The largest absolute Gasteiger partial charge is 0.497 e. The lowest BCUT2D eigenvalue weighted by atomic mass is 9.96. The Balaban J connectivity index is 1.68. The lowest BCUT2D eigenvalue weighted by molar-refractivity contribution is 0.243. The Morgan fingerprint density at radius 1 is 1.17 bits per heavy atom. The van der Waals surface area contributed by atoms with E-state index in [-0.39, 0.29) is 0 Å². The molecular formula is C20H24N2OS. The lowest BCUT2D eigenvalue weighted by Gasteiger charge is -2.38. The monoisotopic (exact) mass is 340 g/mol.